The van der Waals surface area contributed by atoms with Gasteiger partial charge in [0, 0.05) is 20.2 Å². The molecule has 0 aliphatic heterocycles. The lowest BCUT2D eigenvalue weighted by Gasteiger charge is -2.21. The highest BCUT2D eigenvalue weighted by Gasteiger charge is 2.32. The SMILES string of the molecule is COC(=O)C(Cc1ccc([N+](=O)[O-])c(C=O)c1N(C)C)C(=O)OCc1ccccc1. The van der Waals surface area contributed by atoms with Crippen LogP contribution in [0.25, 0.3) is 0 Å². The van der Waals surface area contributed by atoms with Crippen molar-refractivity contribution in [2.24, 2.45) is 5.92 Å². The summed E-state index contributed by atoms with van der Waals surface area (Å²) in [7, 11) is 4.37. The summed E-state index contributed by atoms with van der Waals surface area (Å²) in [5, 5.41) is 11.3. The van der Waals surface area contributed by atoms with Gasteiger partial charge in [-0.05, 0) is 17.5 Å². The fraction of sp³-hybridized carbons (Fsp3) is 0.286. The van der Waals surface area contributed by atoms with Crippen molar-refractivity contribution < 1.29 is 28.8 Å². The number of anilines is 1. The van der Waals surface area contributed by atoms with E-state index in [0.717, 1.165) is 12.7 Å². The van der Waals surface area contributed by atoms with Crippen molar-refractivity contribution in [1.82, 2.24) is 0 Å². The Hall–Kier alpha value is -3.75. The van der Waals surface area contributed by atoms with Crippen LogP contribution in [0.15, 0.2) is 42.5 Å². The van der Waals surface area contributed by atoms with Gasteiger partial charge in [-0.25, -0.2) is 0 Å². The molecule has 0 aromatic heterocycles. The molecule has 158 valence electrons. The topological polar surface area (TPSA) is 116 Å². The van der Waals surface area contributed by atoms with E-state index in [2.05, 4.69) is 0 Å². The fourth-order valence-electron chi connectivity index (χ4n) is 3.07. The third kappa shape index (κ3) is 5.19. The largest absolute Gasteiger partial charge is 0.468 e. The molecule has 0 amide bonds. The predicted molar refractivity (Wildman–Crippen MR) is 108 cm³/mol. The summed E-state index contributed by atoms with van der Waals surface area (Å²) in [6, 6.07) is 11.6. The van der Waals surface area contributed by atoms with Crippen LogP contribution in [0.2, 0.25) is 0 Å². The molecule has 0 radical (unpaired) electrons. The third-order valence-corrected chi connectivity index (χ3v) is 4.46. The highest BCUT2D eigenvalue weighted by molar-refractivity contribution is 5.96. The molecule has 0 bridgehead atoms. The number of ether oxygens (including phenoxy) is 2. The molecule has 0 saturated carbocycles. The Morgan fingerprint density at radius 1 is 1.13 bits per heavy atom. The summed E-state index contributed by atoms with van der Waals surface area (Å²) >= 11 is 0. The number of nitrogens with zero attached hydrogens (tertiary/aromatic N) is 2. The van der Waals surface area contributed by atoms with Gasteiger partial charge in [0.1, 0.15) is 12.2 Å². The maximum atomic E-state index is 12.6. The molecule has 30 heavy (non-hydrogen) atoms. The zero-order valence-corrected chi connectivity index (χ0v) is 16.9. The van der Waals surface area contributed by atoms with Crippen molar-refractivity contribution >= 4 is 29.6 Å². The number of nitro groups is 1. The number of hydrogen-bond acceptors (Lipinski definition) is 8. The molecular formula is C21H22N2O7. The first kappa shape index (κ1) is 22.5. The Morgan fingerprint density at radius 3 is 2.33 bits per heavy atom. The lowest BCUT2D eigenvalue weighted by Crippen LogP contribution is -2.30. The van der Waals surface area contributed by atoms with Gasteiger partial charge in [-0.15, -0.1) is 0 Å². The summed E-state index contributed by atoms with van der Waals surface area (Å²) in [4.78, 5) is 48.6. The van der Waals surface area contributed by atoms with Crippen LogP contribution in [0.4, 0.5) is 11.4 Å². The van der Waals surface area contributed by atoms with Crippen molar-refractivity contribution in [3.8, 4) is 0 Å². The normalized spacial score (nSPS) is 11.3. The van der Waals surface area contributed by atoms with E-state index in [9.17, 15) is 24.5 Å². The van der Waals surface area contributed by atoms with Crippen molar-refractivity contribution in [3.63, 3.8) is 0 Å². The van der Waals surface area contributed by atoms with Crippen LogP contribution in [-0.4, -0.2) is 44.4 Å². The molecule has 2 aromatic carbocycles. The molecule has 1 atom stereocenters. The Bertz CT molecular complexity index is 942. The number of rotatable bonds is 9. The molecular weight excluding hydrogens is 392 g/mol. The molecule has 0 spiro atoms. The third-order valence-electron chi connectivity index (χ3n) is 4.46. The molecule has 0 heterocycles. The van der Waals surface area contributed by atoms with Crippen LogP contribution in [0, 0.1) is 16.0 Å². The van der Waals surface area contributed by atoms with Crippen molar-refractivity contribution in [3.05, 3.63) is 69.3 Å². The number of benzene rings is 2. The molecule has 0 fully saturated rings. The van der Waals surface area contributed by atoms with E-state index in [1.807, 2.05) is 6.07 Å². The molecule has 0 aliphatic carbocycles. The quantitative estimate of drug-likeness (QED) is 0.202. The lowest BCUT2D eigenvalue weighted by molar-refractivity contribution is -0.385. The molecule has 2 aromatic rings. The lowest BCUT2D eigenvalue weighted by atomic mass is 9.95. The maximum absolute atomic E-state index is 12.6. The van der Waals surface area contributed by atoms with E-state index < -0.39 is 22.8 Å². The van der Waals surface area contributed by atoms with Gasteiger partial charge < -0.3 is 14.4 Å². The number of aldehydes is 1. The van der Waals surface area contributed by atoms with Crippen molar-refractivity contribution in [1.29, 1.82) is 0 Å². The Kier molecular flexibility index (Phi) is 7.62. The minimum absolute atomic E-state index is 0.0203. The molecule has 9 heteroatoms. The molecule has 2 rings (SSSR count). The molecule has 0 N–H and O–H groups in total. The molecule has 0 saturated heterocycles. The first-order valence-corrected chi connectivity index (χ1v) is 9.01. The number of carbonyl (C=O) groups excluding carboxylic acids is 3. The number of hydrogen-bond donors (Lipinski definition) is 0. The highest BCUT2D eigenvalue weighted by Crippen LogP contribution is 2.32. The number of esters is 2. The Morgan fingerprint density at radius 2 is 1.80 bits per heavy atom. The zero-order chi connectivity index (χ0) is 22.3. The summed E-state index contributed by atoms with van der Waals surface area (Å²) in [6.07, 6.45) is 0.241. The van der Waals surface area contributed by atoms with Crippen LogP contribution in [0.3, 0.4) is 0 Å². The second-order valence-electron chi connectivity index (χ2n) is 6.65. The van der Waals surface area contributed by atoms with E-state index in [1.165, 1.54) is 17.0 Å². The monoisotopic (exact) mass is 414 g/mol. The zero-order valence-electron chi connectivity index (χ0n) is 16.9. The fourth-order valence-corrected chi connectivity index (χ4v) is 3.07. The van der Waals surface area contributed by atoms with Gasteiger partial charge in [0.25, 0.3) is 5.69 Å². The Balaban J connectivity index is 2.36. The Labute approximate surface area is 173 Å². The maximum Gasteiger partial charge on any atom is 0.321 e. The van der Waals surface area contributed by atoms with Gasteiger partial charge in [0.2, 0.25) is 0 Å². The first-order chi connectivity index (χ1) is 14.3. The minimum Gasteiger partial charge on any atom is -0.468 e. The minimum atomic E-state index is -1.29. The average Bonchev–Trinajstić information content (AvgIpc) is 2.74. The summed E-state index contributed by atoms with van der Waals surface area (Å²) in [6.45, 7) is -0.0203. The highest BCUT2D eigenvalue weighted by atomic mass is 16.6. The number of carbonyl (C=O) groups is 3. The van der Waals surface area contributed by atoms with Crippen LogP contribution in [0.1, 0.15) is 21.5 Å². The molecule has 1 unspecified atom stereocenters. The molecule has 9 nitrogen and oxygen atoms in total. The van der Waals surface area contributed by atoms with Gasteiger partial charge >= 0.3 is 11.9 Å². The van der Waals surface area contributed by atoms with Gasteiger partial charge in [-0.3, -0.25) is 24.5 Å². The van der Waals surface area contributed by atoms with Gasteiger partial charge in [0.05, 0.1) is 17.7 Å². The van der Waals surface area contributed by atoms with E-state index in [1.54, 1.807) is 38.4 Å². The second-order valence-corrected chi connectivity index (χ2v) is 6.65. The second kappa shape index (κ2) is 10.1. The van der Waals surface area contributed by atoms with Gasteiger partial charge in [-0.2, -0.15) is 0 Å². The van der Waals surface area contributed by atoms with Crippen LogP contribution < -0.4 is 4.90 Å². The standard InChI is InChI=1S/C21H22N2O7/c1-22(2)19-15(9-10-18(23(27)28)17(19)12-24)11-16(20(25)29-3)21(26)30-13-14-7-5-4-6-8-14/h4-10,12,16H,11,13H2,1-3H3. The van der Waals surface area contributed by atoms with Gasteiger partial charge in [0.15, 0.2) is 12.2 Å². The van der Waals surface area contributed by atoms with E-state index in [4.69, 9.17) is 9.47 Å². The van der Waals surface area contributed by atoms with E-state index in [-0.39, 0.29) is 30.0 Å². The van der Waals surface area contributed by atoms with E-state index in [0.29, 0.717) is 11.8 Å². The van der Waals surface area contributed by atoms with Crippen molar-refractivity contribution in [2.75, 3.05) is 26.1 Å². The van der Waals surface area contributed by atoms with E-state index >= 15 is 0 Å². The van der Waals surface area contributed by atoms with Crippen LogP contribution in [-0.2, 0) is 32.1 Å². The smallest absolute Gasteiger partial charge is 0.321 e. The van der Waals surface area contributed by atoms with Gasteiger partial charge in [-0.1, -0.05) is 36.4 Å². The summed E-state index contributed by atoms with van der Waals surface area (Å²) in [5.41, 5.74) is 0.910. The van der Waals surface area contributed by atoms with Crippen molar-refractivity contribution in [2.45, 2.75) is 13.0 Å². The summed E-state index contributed by atoms with van der Waals surface area (Å²) < 4.78 is 10.0. The number of nitro benzene ring substituents is 1. The van der Waals surface area contributed by atoms with Crippen LogP contribution >= 0.6 is 0 Å². The number of methoxy groups -OCH3 is 1. The average molecular weight is 414 g/mol. The van der Waals surface area contributed by atoms with Crippen LogP contribution in [0.5, 0.6) is 0 Å². The summed E-state index contributed by atoms with van der Waals surface area (Å²) in [5.74, 6) is -2.89. The first-order valence-electron chi connectivity index (χ1n) is 9.01. The predicted octanol–water partition coefficient (Wildman–Crippen LogP) is 2.55. The molecule has 0 aliphatic rings.